The van der Waals surface area contributed by atoms with E-state index in [1.54, 1.807) is 0 Å². The highest BCUT2D eigenvalue weighted by molar-refractivity contribution is 4.91. The van der Waals surface area contributed by atoms with Gasteiger partial charge in [0.05, 0.1) is 0 Å². The Morgan fingerprint density at radius 2 is 1.54 bits per heavy atom. The summed E-state index contributed by atoms with van der Waals surface area (Å²) in [6.45, 7) is 7.04. The molecule has 0 atom stereocenters. The number of rotatable bonds is 9. The number of unbranched alkanes of at least 4 members (excludes halogenated alkanes) is 5. The molecule has 1 heteroatoms. The van der Waals surface area contributed by atoms with Gasteiger partial charge in [0.1, 0.15) is 0 Å². The third-order valence-electron chi connectivity index (χ3n) is 2.48. The first kappa shape index (κ1) is 12.7. The molecule has 0 aliphatic heterocycles. The molecular formula is C12H25N. The minimum atomic E-state index is 0.854. The van der Waals surface area contributed by atoms with Gasteiger partial charge in [-0.25, -0.2) is 0 Å². The average Bonchev–Trinajstić information content (AvgIpc) is 2.16. The maximum absolute atomic E-state index is 5.42. The van der Waals surface area contributed by atoms with Gasteiger partial charge in [-0.3, -0.25) is 0 Å². The molecule has 0 unspecified atom stereocenters. The lowest BCUT2D eigenvalue weighted by Gasteiger charge is -2.02. The molecule has 1 nitrogen and oxygen atoms in total. The molecule has 13 heavy (non-hydrogen) atoms. The topological polar surface area (TPSA) is 26.0 Å². The van der Waals surface area contributed by atoms with Crippen LogP contribution < -0.4 is 5.73 Å². The van der Waals surface area contributed by atoms with Crippen molar-refractivity contribution in [2.45, 2.75) is 58.3 Å². The Morgan fingerprint density at radius 1 is 1.00 bits per heavy atom. The van der Waals surface area contributed by atoms with Gasteiger partial charge < -0.3 is 5.73 Å². The second kappa shape index (κ2) is 9.79. The molecule has 0 saturated heterocycles. The standard InChI is InChI=1S/C12H25N/c1-3-12(2)10-8-6-4-5-7-9-11-13/h2-11,13H2,1H3. The van der Waals surface area contributed by atoms with E-state index >= 15 is 0 Å². The Labute approximate surface area is 83.4 Å². The quantitative estimate of drug-likeness (QED) is 0.428. The zero-order valence-corrected chi connectivity index (χ0v) is 9.15. The van der Waals surface area contributed by atoms with Crippen molar-refractivity contribution < 1.29 is 0 Å². The van der Waals surface area contributed by atoms with E-state index in [1.165, 1.54) is 50.5 Å². The first-order chi connectivity index (χ1) is 6.31. The molecule has 0 aromatic heterocycles. The third kappa shape index (κ3) is 9.62. The maximum atomic E-state index is 5.42. The van der Waals surface area contributed by atoms with Gasteiger partial charge in [-0.05, 0) is 32.2 Å². The van der Waals surface area contributed by atoms with Crippen LogP contribution in [0.25, 0.3) is 0 Å². The lowest BCUT2D eigenvalue weighted by molar-refractivity contribution is 0.594. The summed E-state index contributed by atoms with van der Waals surface area (Å²) in [5.74, 6) is 0. The van der Waals surface area contributed by atoms with Crippen LogP contribution in [-0.4, -0.2) is 6.54 Å². The predicted octanol–water partition coefficient (Wildman–Crippen LogP) is 3.64. The molecule has 0 spiro atoms. The Hall–Kier alpha value is -0.300. The van der Waals surface area contributed by atoms with Crippen LogP contribution in [0.1, 0.15) is 58.3 Å². The highest BCUT2D eigenvalue weighted by Crippen LogP contribution is 2.12. The van der Waals surface area contributed by atoms with E-state index in [2.05, 4.69) is 13.5 Å². The Kier molecular flexibility index (Phi) is 9.56. The highest BCUT2D eigenvalue weighted by atomic mass is 14.5. The van der Waals surface area contributed by atoms with Crippen LogP contribution in [0, 0.1) is 0 Å². The lowest BCUT2D eigenvalue weighted by atomic mass is 10.0. The number of allylic oxidation sites excluding steroid dienone is 1. The molecular weight excluding hydrogens is 158 g/mol. The first-order valence-corrected chi connectivity index (χ1v) is 5.68. The van der Waals surface area contributed by atoms with Crippen molar-refractivity contribution in [2.24, 2.45) is 5.73 Å². The van der Waals surface area contributed by atoms with Crippen molar-refractivity contribution in [3.05, 3.63) is 12.2 Å². The van der Waals surface area contributed by atoms with Crippen molar-refractivity contribution in [3.63, 3.8) is 0 Å². The molecule has 0 heterocycles. The fourth-order valence-corrected chi connectivity index (χ4v) is 1.40. The second-order valence-electron chi connectivity index (χ2n) is 3.76. The average molecular weight is 183 g/mol. The Morgan fingerprint density at radius 3 is 2.08 bits per heavy atom. The monoisotopic (exact) mass is 183 g/mol. The van der Waals surface area contributed by atoms with E-state index in [9.17, 15) is 0 Å². The first-order valence-electron chi connectivity index (χ1n) is 5.68. The van der Waals surface area contributed by atoms with Gasteiger partial charge in [0, 0.05) is 0 Å². The van der Waals surface area contributed by atoms with Crippen LogP contribution in [0.4, 0.5) is 0 Å². The summed E-state index contributed by atoms with van der Waals surface area (Å²) in [5.41, 5.74) is 6.82. The lowest BCUT2D eigenvalue weighted by Crippen LogP contribution is -1.97. The second-order valence-corrected chi connectivity index (χ2v) is 3.76. The van der Waals surface area contributed by atoms with Crippen LogP contribution in [0.15, 0.2) is 12.2 Å². The van der Waals surface area contributed by atoms with Crippen molar-refractivity contribution >= 4 is 0 Å². The largest absolute Gasteiger partial charge is 0.330 e. The van der Waals surface area contributed by atoms with Gasteiger partial charge in [-0.2, -0.15) is 0 Å². The van der Waals surface area contributed by atoms with E-state index in [-0.39, 0.29) is 0 Å². The molecule has 0 bridgehead atoms. The predicted molar refractivity (Wildman–Crippen MR) is 60.8 cm³/mol. The summed E-state index contributed by atoms with van der Waals surface area (Å²) in [6, 6.07) is 0. The van der Waals surface area contributed by atoms with Crippen LogP contribution in [0.2, 0.25) is 0 Å². The molecule has 0 aliphatic carbocycles. The third-order valence-corrected chi connectivity index (χ3v) is 2.48. The van der Waals surface area contributed by atoms with Crippen LogP contribution >= 0.6 is 0 Å². The van der Waals surface area contributed by atoms with Gasteiger partial charge in [0.2, 0.25) is 0 Å². The molecule has 0 amide bonds. The minimum Gasteiger partial charge on any atom is -0.330 e. The van der Waals surface area contributed by atoms with Crippen molar-refractivity contribution in [3.8, 4) is 0 Å². The van der Waals surface area contributed by atoms with Crippen molar-refractivity contribution in [1.29, 1.82) is 0 Å². The van der Waals surface area contributed by atoms with Crippen molar-refractivity contribution in [1.82, 2.24) is 0 Å². The molecule has 78 valence electrons. The van der Waals surface area contributed by atoms with E-state index in [1.807, 2.05) is 0 Å². The highest BCUT2D eigenvalue weighted by Gasteiger charge is 1.92. The van der Waals surface area contributed by atoms with E-state index in [4.69, 9.17) is 5.73 Å². The smallest absolute Gasteiger partial charge is 0.00773 e. The zero-order valence-electron chi connectivity index (χ0n) is 9.15. The van der Waals surface area contributed by atoms with Crippen LogP contribution in [0.3, 0.4) is 0 Å². The summed E-state index contributed by atoms with van der Waals surface area (Å²) in [4.78, 5) is 0. The molecule has 0 aromatic carbocycles. The van der Waals surface area contributed by atoms with E-state index < -0.39 is 0 Å². The molecule has 0 radical (unpaired) electrons. The molecule has 0 saturated carbocycles. The molecule has 0 rings (SSSR count). The molecule has 0 fully saturated rings. The van der Waals surface area contributed by atoms with Gasteiger partial charge in [0.25, 0.3) is 0 Å². The summed E-state index contributed by atoms with van der Waals surface area (Å²) in [6.07, 6.45) is 10.3. The van der Waals surface area contributed by atoms with Gasteiger partial charge >= 0.3 is 0 Å². The van der Waals surface area contributed by atoms with Crippen LogP contribution in [0.5, 0.6) is 0 Å². The normalized spacial score (nSPS) is 10.3. The SMILES string of the molecule is C=C(CC)CCCCCCCCN. The van der Waals surface area contributed by atoms with E-state index in [0.29, 0.717) is 0 Å². The number of hydrogen-bond acceptors (Lipinski definition) is 1. The fourth-order valence-electron chi connectivity index (χ4n) is 1.40. The summed E-state index contributed by atoms with van der Waals surface area (Å²) >= 11 is 0. The number of nitrogens with two attached hydrogens (primary N) is 1. The van der Waals surface area contributed by atoms with Gasteiger partial charge in [-0.1, -0.05) is 44.8 Å². The Balaban J connectivity index is 2.95. The van der Waals surface area contributed by atoms with Gasteiger partial charge in [0.15, 0.2) is 0 Å². The van der Waals surface area contributed by atoms with Crippen molar-refractivity contribution in [2.75, 3.05) is 6.54 Å². The summed E-state index contributed by atoms with van der Waals surface area (Å²) in [7, 11) is 0. The maximum Gasteiger partial charge on any atom is -0.00773 e. The molecule has 2 N–H and O–H groups in total. The number of hydrogen-bond donors (Lipinski definition) is 1. The summed E-state index contributed by atoms with van der Waals surface area (Å²) in [5, 5.41) is 0. The van der Waals surface area contributed by atoms with E-state index in [0.717, 1.165) is 13.0 Å². The minimum absolute atomic E-state index is 0.854. The van der Waals surface area contributed by atoms with Gasteiger partial charge in [-0.15, -0.1) is 0 Å². The Bertz CT molecular complexity index is 118. The fraction of sp³-hybridized carbons (Fsp3) is 0.833. The zero-order chi connectivity index (χ0) is 9.94. The molecule has 0 aliphatic rings. The summed E-state index contributed by atoms with van der Waals surface area (Å²) < 4.78 is 0. The molecule has 0 aromatic rings. The van der Waals surface area contributed by atoms with Crippen LogP contribution in [-0.2, 0) is 0 Å².